The first kappa shape index (κ1) is 11.0. The second-order valence-corrected chi connectivity index (χ2v) is 4.88. The molecule has 0 saturated heterocycles. The predicted molar refractivity (Wildman–Crippen MR) is 57.1 cm³/mol. The van der Waals surface area contributed by atoms with Crippen molar-refractivity contribution in [2.24, 2.45) is 22.8 Å². The molecule has 0 aromatic heterocycles. The Morgan fingerprint density at radius 3 is 2.15 bits per heavy atom. The summed E-state index contributed by atoms with van der Waals surface area (Å²) in [5.41, 5.74) is 12.2. The van der Waals surface area contributed by atoms with Crippen LogP contribution in [0.4, 0.5) is 0 Å². The highest BCUT2D eigenvalue weighted by molar-refractivity contribution is 5.01. The topological polar surface area (TPSA) is 52.0 Å². The van der Waals surface area contributed by atoms with Crippen molar-refractivity contribution in [3.05, 3.63) is 0 Å². The fourth-order valence-corrected chi connectivity index (χ4v) is 2.91. The van der Waals surface area contributed by atoms with E-state index in [1.54, 1.807) is 0 Å². The first-order valence-electron chi connectivity index (χ1n) is 5.55. The van der Waals surface area contributed by atoms with Gasteiger partial charge in [0, 0.05) is 5.41 Å². The molecule has 1 aliphatic rings. The summed E-state index contributed by atoms with van der Waals surface area (Å²) in [7, 11) is 0. The quantitative estimate of drug-likeness (QED) is 0.647. The van der Waals surface area contributed by atoms with Crippen LogP contribution in [0.1, 0.15) is 52.9 Å². The van der Waals surface area contributed by atoms with Crippen LogP contribution in [0.15, 0.2) is 0 Å². The Hall–Kier alpha value is -0.0800. The van der Waals surface area contributed by atoms with Crippen LogP contribution >= 0.6 is 0 Å². The summed E-state index contributed by atoms with van der Waals surface area (Å²) in [6, 6.07) is 0. The molecule has 0 spiro atoms. The molecule has 2 heteroatoms. The van der Waals surface area contributed by atoms with E-state index < -0.39 is 5.66 Å². The minimum Gasteiger partial charge on any atom is -0.313 e. The second-order valence-electron chi connectivity index (χ2n) is 4.88. The maximum absolute atomic E-state index is 6.22. The van der Waals surface area contributed by atoms with Gasteiger partial charge in [-0.25, -0.2) is 0 Å². The van der Waals surface area contributed by atoms with Crippen LogP contribution < -0.4 is 11.5 Å². The van der Waals surface area contributed by atoms with E-state index in [-0.39, 0.29) is 5.41 Å². The van der Waals surface area contributed by atoms with Crippen LogP contribution in [0.25, 0.3) is 0 Å². The summed E-state index contributed by atoms with van der Waals surface area (Å²) in [6.45, 7) is 6.75. The van der Waals surface area contributed by atoms with E-state index in [0.717, 1.165) is 25.2 Å². The average molecular weight is 184 g/mol. The van der Waals surface area contributed by atoms with Crippen molar-refractivity contribution < 1.29 is 0 Å². The third-order valence-electron chi connectivity index (χ3n) is 4.13. The van der Waals surface area contributed by atoms with Gasteiger partial charge in [-0.1, -0.05) is 20.8 Å². The Balaban J connectivity index is 2.86. The van der Waals surface area contributed by atoms with Gasteiger partial charge in [0.2, 0.25) is 0 Å². The van der Waals surface area contributed by atoms with Crippen LogP contribution in [0.2, 0.25) is 0 Å². The Kier molecular flexibility index (Phi) is 3.03. The van der Waals surface area contributed by atoms with Gasteiger partial charge in [0.05, 0.1) is 5.66 Å². The van der Waals surface area contributed by atoms with Crippen LogP contribution in [0, 0.1) is 11.3 Å². The standard InChI is InChI=1S/C11H24N2/c1-4-10(5-2)8-9(3)6-7-11(10,12)13/h9H,4-8,12-13H2,1-3H3. The van der Waals surface area contributed by atoms with Crippen LogP contribution in [0.3, 0.4) is 0 Å². The van der Waals surface area contributed by atoms with Crippen LogP contribution in [-0.2, 0) is 0 Å². The molecule has 78 valence electrons. The van der Waals surface area contributed by atoms with Crippen molar-refractivity contribution in [2.45, 2.75) is 58.5 Å². The van der Waals surface area contributed by atoms with Gasteiger partial charge < -0.3 is 11.5 Å². The first-order valence-corrected chi connectivity index (χ1v) is 5.55. The highest BCUT2D eigenvalue weighted by Crippen LogP contribution is 2.47. The van der Waals surface area contributed by atoms with Crippen LogP contribution in [-0.4, -0.2) is 5.66 Å². The number of hydrogen-bond acceptors (Lipinski definition) is 2. The summed E-state index contributed by atoms with van der Waals surface area (Å²) in [5, 5.41) is 0. The smallest absolute Gasteiger partial charge is 0.0694 e. The van der Waals surface area contributed by atoms with Crippen molar-refractivity contribution in [1.29, 1.82) is 0 Å². The average Bonchev–Trinajstić information content (AvgIpc) is 2.09. The summed E-state index contributed by atoms with van der Waals surface area (Å²) < 4.78 is 0. The van der Waals surface area contributed by atoms with Gasteiger partial charge in [-0.05, 0) is 38.0 Å². The third-order valence-corrected chi connectivity index (χ3v) is 4.13. The highest BCUT2D eigenvalue weighted by atomic mass is 15.0. The molecule has 0 aromatic rings. The molecular weight excluding hydrogens is 160 g/mol. The molecule has 0 amide bonds. The molecular formula is C11H24N2. The van der Waals surface area contributed by atoms with Crippen molar-refractivity contribution in [2.75, 3.05) is 0 Å². The van der Waals surface area contributed by atoms with Crippen molar-refractivity contribution >= 4 is 0 Å². The molecule has 0 aromatic carbocycles. The van der Waals surface area contributed by atoms with E-state index >= 15 is 0 Å². The summed E-state index contributed by atoms with van der Waals surface area (Å²) >= 11 is 0. The highest BCUT2D eigenvalue weighted by Gasteiger charge is 2.46. The maximum Gasteiger partial charge on any atom is 0.0694 e. The monoisotopic (exact) mass is 184 g/mol. The molecule has 0 aliphatic heterocycles. The van der Waals surface area contributed by atoms with Crippen LogP contribution in [0.5, 0.6) is 0 Å². The van der Waals surface area contributed by atoms with E-state index in [1.165, 1.54) is 12.8 Å². The SMILES string of the molecule is CCC1(CC)CC(C)CCC1(N)N. The summed E-state index contributed by atoms with van der Waals surface area (Å²) in [6.07, 6.45) is 5.60. The van der Waals surface area contributed by atoms with Gasteiger partial charge in [0.25, 0.3) is 0 Å². The molecule has 2 nitrogen and oxygen atoms in total. The molecule has 1 atom stereocenters. The minimum absolute atomic E-state index is 0.185. The Morgan fingerprint density at radius 2 is 1.77 bits per heavy atom. The summed E-state index contributed by atoms with van der Waals surface area (Å²) in [5.74, 6) is 0.792. The molecule has 4 N–H and O–H groups in total. The van der Waals surface area contributed by atoms with Gasteiger partial charge in [-0.2, -0.15) is 0 Å². The zero-order chi connectivity index (χ0) is 10.1. The number of nitrogens with two attached hydrogens (primary N) is 2. The van der Waals surface area contributed by atoms with E-state index in [1.807, 2.05) is 0 Å². The summed E-state index contributed by atoms with van der Waals surface area (Å²) in [4.78, 5) is 0. The Morgan fingerprint density at radius 1 is 1.23 bits per heavy atom. The fraction of sp³-hybridized carbons (Fsp3) is 1.00. The zero-order valence-corrected chi connectivity index (χ0v) is 9.27. The maximum atomic E-state index is 6.22. The van der Waals surface area contributed by atoms with Gasteiger partial charge in [0.15, 0.2) is 0 Å². The molecule has 1 rings (SSSR count). The molecule has 1 saturated carbocycles. The fourth-order valence-electron chi connectivity index (χ4n) is 2.91. The Bertz CT molecular complexity index is 171. The van der Waals surface area contributed by atoms with Crippen molar-refractivity contribution in [3.63, 3.8) is 0 Å². The molecule has 0 bridgehead atoms. The van der Waals surface area contributed by atoms with E-state index in [0.29, 0.717) is 0 Å². The predicted octanol–water partition coefficient (Wildman–Crippen LogP) is 2.23. The molecule has 1 unspecified atom stereocenters. The molecule has 1 aliphatic carbocycles. The lowest BCUT2D eigenvalue weighted by Crippen LogP contribution is -2.64. The molecule has 13 heavy (non-hydrogen) atoms. The van der Waals surface area contributed by atoms with Crippen molar-refractivity contribution in [1.82, 2.24) is 0 Å². The largest absolute Gasteiger partial charge is 0.313 e. The van der Waals surface area contributed by atoms with E-state index in [4.69, 9.17) is 11.5 Å². The lowest BCUT2D eigenvalue weighted by atomic mass is 9.60. The first-order chi connectivity index (χ1) is 5.97. The van der Waals surface area contributed by atoms with Crippen molar-refractivity contribution in [3.8, 4) is 0 Å². The van der Waals surface area contributed by atoms with Gasteiger partial charge in [0.1, 0.15) is 0 Å². The molecule has 0 heterocycles. The minimum atomic E-state index is -0.428. The third kappa shape index (κ3) is 1.75. The molecule has 0 radical (unpaired) electrons. The number of rotatable bonds is 2. The van der Waals surface area contributed by atoms with Gasteiger partial charge >= 0.3 is 0 Å². The lowest BCUT2D eigenvalue weighted by Gasteiger charge is -2.51. The van der Waals surface area contributed by atoms with Gasteiger partial charge in [-0.15, -0.1) is 0 Å². The zero-order valence-electron chi connectivity index (χ0n) is 9.27. The Labute approximate surface area is 82.1 Å². The van der Waals surface area contributed by atoms with E-state index in [9.17, 15) is 0 Å². The number of hydrogen-bond donors (Lipinski definition) is 2. The van der Waals surface area contributed by atoms with E-state index in [2.05, 4.69) is 20.8 Å². The normalized spacial score (nSPS) is 31.6. The second kappa shape index (κ2) is 3.58. The van der Waals surface area contributed by atoms with Gasteiger partial charge in [-0.3, -0.25) is 0 Å². The lowest BCUT2D eigenvalue weighted by molar-refractivity contribution is 0.0296. The molecule has 1 fully saturated rings.